The molecule has 1 aromatic heterocycles. The minimum absolute atomic E-state index is 0.730. The molecule has 0 spiro atoms. The van der Waals surface area contributed by atoms with Gasteiger partial charge < -0.3 is 14.7 Å². The number of nitrogens with one attached hydrogen (secondary N) is 1. The van der Waals surface area contributed by atoms with Crippen LogP contribution in [0.3, 0.4) is 0 Å². The van der Waals surface area contributed by atoms with E-state index in [-0.39, 0.29) is 0 Å². The molecule has 0 radical (unpaired) electrons. The Kier molecular flexibility index (Phi) is 5.55. The van der Waals surface area contributed by atoms with Crippen molar-refractivity contribution in [3.05, 3.63) is 42.0 Å². The number of rotatable bonds is 8. The number of para-hydroxylation sites is 1. The summed E-state index contributed by atoms with van der Waals surface area (Å²) in [4.78, 5) is 6.51. The fourth-order valence-electron chi connectivity index (χ4n) is 1.85. The maximum atomic E-state index is 5.24. The molecule has 2 aromatic rings. The zero-order chi connectivity index (χ0) is 14.2. The molecule has 1 aromatic carbocycles. The maximum absolute atomic E-state index is 5.24. The molecule has 5 nitrogen and oxygen atoms in total. The monoisotopic (exact) mass is 274 g/mol. The van der Waals surface area contributed by atoms with Crippen LogP contribution in [-0.4, -0.2) is 42.2 Å². The van der Waals surface area contributed by atoms with E-state index >= 15 is 0 Å². The van der Waals surface area contributed by atoms with Crippen molar-refractivity contribution in [3.63, 3.8) is 0 Å². The van der Waals surface area contributed by atoms with Gasteiger partial charge in [-0.2, -0.15) is 4.98 Å². The SMILES string of the molecule is CN(C)CCc1noc(CCCNc2ccccc2)n1. The van der Waals surface area contributed by atoms with E-state index in [0.29, 0.717) is 0 Å². The Hall–Kier alpha value is -1.88. The average molecular weight is 274 g/mol. The summed E-state index contributed by atoms with van der Waals surface area (Å²) < 4.78 is 5.24. The number of aryl methyl sites for hydroxylation is 1. The molecule has 0 amide bonds. The lowest BCUT2D eigenvalue weighted by Crippen LogP contribution is -2.15. The van der Waals surface area contributed by atoms with Crippen molar-refractivity contribution in [1.29, 1.82) is 0 Å². The zero-order valence-electron chi connectivity index (χ0n) is 12.2. The first-order valence-corrected chi connectivity index (χ1v) is 6.99. The third kappa shape index (κ3) is 5.01. The highest BCUT2D eigenvalue weighted by molar-refractivity contribution is 5.42. The number of nitrogens with zero attached hydrogens (tertiary/aromatic N) is 3. The number of hydrogen-bond acceptors (Lipinski definition) is 5. The highest BCUT2D eigenvalue weighted by Gasteiger charge is 2.06. The Labute approximate surface area is 120 Å². The minimum atomic E-state index is 0.730. The van der Waals surface area contributed by atoms with Gasteiger partial charge >= 0.3 is 0 Å². The van der Waals surface area contributed by atoms with Crippen molar-refractivity contribution in [3.8, 4) is 0 Å². The predicted octanol–water partition coefficient (Wildman–Crippen LogP) is 2.22. The number of likely N-dealkylation sites (N-methyl/N-ethyl adjacent to an activating group) is 1. The summed E-state index contributed by atoms with van der Waals surface area (Å²) in [6.07, 6.45) is 2.62. The maximum Gasteiger partial charge on any atom is 0.226 e. The quantitative estimate of drug-likeness (QED) is 0.748. The van der Waals surface area contributed by atoms with E-state index in [1.54, 1.807) is 0 Å². The normalized spacial score (nSPS) is 10.9. The molecule has 1 heterocycles. The zero-order valence-corrected chi connectivity index (χ0v) is 12.2. The highest BCUT2D eigenvalue weighted by Crippen LogP contribution is 2.06. The van der Waals surface area contributed by atoms with Crippen LogP contribution in [0, 0.1) is 0 Å². The van der Waals surface area contributed by atoms with Gasteiger partial charge in [0, 0.05) is 31.6 Å². The third-order valence-electron chi connectivity index (χ3n) is 2.96. The molecule has 2 rings (SSSR count). The van der Waals surface area contributed by atoms with E-state index in [9.17, 15) is 0 Å². The van der Waals surface area contributed by atoms with Crippen molar-refractivity contribution < 1.29 is 4.52 Å². The highest BCUT2D eigenvalue weighted by atomic mass is 16.5. The first kappa shape index (κ1) is 14.5. The van der Waals surface area contributed by atoms with Crippen LogP contribution in [0.1, 0.15) is 18.1 Å². The fourth-order valence-corrected chi connectivity index (χ4v) is 1.85. The molecule has 5 heteroatoms. The summed E-state index contributed by atoms with van der Waals surface area (Å²) in [7, 11) is 4.08. The molecule has 0 bridgehead atoms. The van der Waals surface area contributed by atoms with E-state index in [1.165, 1.54) is 0 Å². The van der Waals surface area contributed by atoms with Crippen LogP contribution in [-0.2, 0) is 12.8 Å². The second kappa shape index (κ2) is 7.65. The van der Waals surface area contributed by atoms with Gasteiger partial charge in [-0.1, -0.05) is 23.4 Å². The van der Waals surface area contributed by atoms with E-state index in [1.807, 2.05) is 32.3 Å². The Balaban J connectivity index is 1.67. The summed E-state index contributed by atoms with van der Waals surface area (Å²) in [6.45, 7) is 1.84. The van der Waals surface area contributed by atoms with Crippen LogP contribution in [0.4, 0.5) is 5.69 Å². The number of anilines is 1. The lowest BCUT2D eigenvalue weighted by Gasteiger charge is -2.05. The molecule has 0 saturated heterocycles. The number of benzene rings is 1. The van der Waals surface area contributed by atoms with Crippen molar-refractivity contribution in [2.75, 3.05) is 32.5 Å². The first-order valence-electron chi connectivity index (χ1n) is 6.99. The van der Waals surface area contributed by atoms with Crippen LogP contribution in [0.5, 0.6) is 0 Å². The largest absolute Gasteiger partial charge is 0.385 e. The average Bonchev–Trinajstić information content (AvgIpc) is 2.90. The van der Waals surface area contributed by atoms with E-state index < -0.39 is 0 Å². The molecule has 0 aliphatic heterocycles. The second-order valence-electron chi connectivity index (χ2n) is 5.05. The predicted molar refractivity (Wildman–Crippen MR) is 79.8 cm³/mol. The van der Waals surface area contributed by atoms with Gasteiger partial charge in [0.25, 0.3) is 0 Å². The van der Waals surface area contributed by atoms with E-state index in [2.05, 4.69) is 32.5 Å². The lowest BCUT2D eigenvalue weighted by molar-refractivity contribution is 0.364. The lowest BCUT2D eigenvalue weighted by atomic mass is 10.3. The van der Waals surface area contributed by atoms with Gasteiger partial charge in [0.15, 0.2) is 5.82 Å². The molecule has 1 N–H and O–H groups in total. The van der Waals surface area contributed by atoms with Crippen molar-refractivity contribution in [2.24, 2.45) is 0 Å². The summed E-state index contributed by atoms with van der Waals surface area (Å²) in [5, 5.41) is 7.36. The Morgan fingerprint density at radius 3 is 2.70 bits per heavy atom. The van der Waals surface area contributed by atoms with E-state index in [4.69, 9.17) is 4.52 Å². The Morgan fingerprint density at radius 1 is 1.15 bits per heavy atom. The van der Waals surface area contributed by atoms with Gasteiger partial charge in [0.1, 0.15) is 0 Å². The Morgan fingerprint density at radius 2 is 1.95 bits per heavy atom. The standard InChI is InChI=1S/C15H22N4O/c1-19(2)12-10-14-17-15(20-18-14)9-6-11-16-13-7-4-3-5-8-13/h3-5,7-8,16H,6,9-12H2,1-2H3. The topological polar surface area (TPSA) is 54.2 Å². The fraction of sp³-hybridized carbons (Fsp3) is 0.467. The summed E-state index contributed by atoms with van der Waals surface area (Å²) in [6, 6.07) is 10.2. The van der Waals surface area contributed by atoms with Crippen molar-refractivity contribution in [2.45, 2.75) is 19.3 Å². The van der Waals surface area contributed by atoms with Crippen LogP contribution in [0.15, 0.2) is 34.9 Å². The first-order chi connectivity index (χ1) is 9.74. The molecule has 0 saturated carbocycles. The summed E-state index contributed by atoms with van der Waals surface area (Å²) in [5.41, 5.74) is 1.14. The molecule has 0 aliphatic carbocycles. The van der Waals surface area contributed by atoms with Crippen molar-refractivity contribution >= 4 is 5.69 Å². The van der Waals surface area contributed by atoms with Crippen molar-refractivity contribution in [1.82, 2.24) is 15.0 Å². The van der Waals surface area contributed by atoms with Gasteiger partial charge in [-0.3, -0.25) is 0 Å². The Bertz CT molecular complexity index is 496. The summed E-state index contributed by atoms with van der Waals surface area (Å²) >= 11 is 0. The molecule has 0 aliphatic rings. The van der Waals surface area contributed by atoms with Gasteiger partial charge in [0.05, 0.1) is 0 Å². The number of aromatic nitrogens is 2. The molecular weight excluding hydrogens is 252 g/mol. The van der Waals surface area contributed by atoms with Crippen LogP contribution < -0.4 is 5.32 Å². The second-order valence-corrected chi connectivity index (χ2v) is 5.05. The van der Waals surface area contributed by atoms with Crippen LogP contribution in [0.25, 0.3) is 0 Å². The molecule has 108 valence electrons. The molecular formula is C15H22N4O. The van der Waals surface area contributed by atoms with Gasteiger partial charge in [-0.25, -0.2) is 0 Å². The van der Waals surface area contributed by atoms with Gasteiger partial charge in [0.2, 0.25) is 5.89 Å². The molecule has 20 heavy (non-hydrogen) atoms. The molecule has 0 atom stereocenters. The minimum Gasteiger partial charge on any atom is -0.385 e. The van der Waals surface area contributed by atoms with Gasteiger partial charge in [-0.05, 0) is 32.6 Å². The third-order valence-corrected chi connectivity index (χ3v) is 2.96. The number of hydrogen-bond donors (Lipinski definition) is 1. The van der Waals surface area contributed by atoms with Crippen LogP contribution >= 0.6 is 0 Å². The van der Waals surface area contributed by atoms with Crippen LogP contribution in [0.2, 0.25) is 0 Å². The van der Waals surface area contributed by atoms with Gasteiger partial charge in [-0.15, -0.1) is 0 Å². The molecule has 0 unspecified atom stereocenters. The smallest absolute Gasteiger partial charge is 0.226 e. The van der Waals surface area contributed by atoms with E-state index in [0.717, 1.165) is 49.8 Å². The molecule has 0 fully saturated rings. The summed E-state index contributed by atoms with van der Waals surface area (Å²) in [5.74, 6) is 1.53.